The van der Waals surface area contributed by atoms with E-state index < -0.39 is 0 Å². The summed E-state index contributed by atoms with van der Waals surface area (Å²) in [6.45, 7) is 16.4. The fourth-order valence-corrected chi connectivity index (χ4v) is 1.92. The molecule has 3 heteroatoms. The molecule has 98 valence electrons. The Hall–Kier alpha value is -0.830. The summed E-state index contributed by atoms with van der Waals surface area (Å²) in [5.74, 6) is 0.711. The zero-order valence-corrected chi connectivity index (χ0v) is 12.2. The molecular weight excluding hydrogens is 210 g/mol. The fourth-order valence-electron chi connectivity index (χ4n) is 1.92. The lowest BCUT2D eigenvalue weighted by molar-refractivity contribution is 0.282. The molecule has 1 heterocycles. The van der Waals surface area contributed by atoms with Crippen molar-refractivity contribution in [2.24, 2.45) is 11.3 Å². The van der Waals surface area contributed by atoms with Crippen LogP contribution in [0.5, 0.6) is 0 Å². The van der Waals surface area contributed by atoms with E-state index in [0.29, 0.717) is 5.92 Å². The predicted molar refractivity (Wildman–Crippen MR) is 73.2 cm³/mol. The Morgan fingerprint density at radius 1 is 1.35 bits per heavy atom. The van der Waals surface area contributed by atoms with E-state index >= 15 is 0 Å². The lowest BCUT2D eigenvalue weighted by Crippen LogP contribution is -2.34. The highest BCUT2D eigenvalue weighted by molar-refractivity contribution is 5.08. The van der Waals surface area contributed by atoms with Crippen molar-refractivity contribution in [1.29, 1.82) is 0 Å². The van der Waals surface area contributed by atoms with Gasteiger partial charge in [0, 0.05) is 18.8 Å². The smallest absolute Gasteiger partial charge is 0.0951 e. The Morgan fingerprint density at radius 3 is 2.47 bits per heavy atom. The fraction of sp³-hybridized carbons (Fsp3) is 0.786. The molecule has 0 unspecified atom stereocenters. The minimum atomic E-state index is 0.257. The van der Waals surface area contributed by atoms with Crippen LogP contribution < -0.4 is 5.32 Å². The van der Waals surface area contributed by atoms with Gasteiger partial charge < -0.3 is 9.88 Å². The van der Waals surface area contributed by atoms with E-state index in [1.165, 1.54) is 5.69 Å². The quantitative estimate of drug-likeness (QED) is 0.824. The molecule has 17 heavy (non-hydrogen) atoms. The second kappa shape index (κ2) is 5.67. The number of rotatable bonds is 6. The van der Waals surface area contributed by atoms with E-state index in [2.05, 4.69) is 56.4 Å². The van der Waals surface area contributed by atoms with E-state index in [1.54, 1.807) is 0 Å². The molecule has 1 aromatic heterocycles. The van der Waals surface area contributed by atoms with Crippen molar-refractivity contribution < 1.29 is 0 Å². The maximum absolute atomic E-state index is 4.35. The average Bonchev–Trinajstić information content (AvgIpc) is 2.48. The predicted octanol–water partition coefficient (Wildman–Crippen LogP) is 2.77. The minimum Gasteiger partial charge on any atom is -0.334 e. The van der Waals surface area contributed by atoms with Crippen LogP contribution in [0.3, 0.4) is 0 Å². The molecule has 0 aromatic carbocycles. The van der Waals surface area contributed by atoms with Gasteiger partial charge in [0.25, 0.3) is 0 Å². The number of imidazole rings is 1. The molecule has 0 saturated heterocycles. The topological polar surface area (TPSA) is 29.9 Å². The summed E-state index contributed by atoms with van der Waals surface area (Å²) in [4.78, 5) is 4.35. The molecule has 0 bridgehead atoms. The molecule has 0 aliphatic rings. The summed E-state index contributed by atoms with van der Waals surface area (Å²) in [5, 5.41) is 3.54. The van der Waals surface area contributed by atoms with Crippen LogP contribution in [-0.2, 0) is 6.54 Å². The molecule has 0 fully saturated rings. The highest BCUT2D eigenvalue weighted by Gasteiger charge is 2.19. The van der Waals surface area contributed by atoms with Crippen LogP contribution >= 0.6 is 0 Å². The van der Waals surface area contributed by atoms with E-state index in [9.17, 15) is 0 Å². The summed E-state index contributed by atoms with van der Waals surface area (Å²) >= 11 is 0. The first-order valence-electron chi connectivity index (χ1n) is 6.51. The number of nitrogens with zero attached hydrogens (tertiary/aromatic N) is 2. The van der Waals surface area contributed by atoms with E-state index in [4.69, 9.17) is 0 Å². The molecule has 3 nitrogen and oxygen atoms in total. The summed E-state index contributed by atoms with van der Waals surface area (Å²) in [6.07, 6.45) is 1.95. The Kier molecular flexibility index (Phi) is 4.75. The third-order valence-electron chi connectivity index (χ3n) is 3.10. The SMILES string of the molecule is Cc1ncn(CC(C)(C)CNCC(C)C)c1C. The maximum Gasteiger partial charge on any atom is 0.0951 e. The largest absolute Gasteiger partial charge is 0.334 e. The van der Waals surface area contributed by atoms with Gasteiger partial charge in [0.1, 0.15) is 0 Å². The van der Waals surface area contributed by atoms with Crippen LogP contribution in [0, 0.1) is 25.2 Å². The van der Waals surface area contributed by atoms with Gasteiger partial charge in [0.05, 0.1) is 12.0 Å². The molecule has 1 rings (SSSR count). The van der Waals surface area contributed by atoms with E-state index in [1.807, 2.05) is 6.33 Å². The molecule has 0 aliphatic carbocycles. The monoisotopic (exact) mass is 237 g/mol. The third kappa shape index (κ3) is 4.50. The van der Waals surface area contributed by atoms with Gasteiger partial charge in [-0.1, -0.05) is 27.7 Å². The van der Waals surface area contributed by atoms with Crippen molar-refractivity contribution in [2.75, 3.05) is 13.1 Å². The molecule has 0 saturated carbocycles. The van der Waals surface area contributed by atoms with Crippen LogP contribution in [0.25, 0.3) is 0 Å². The number of hydrogen-bond donors (Lipinski definition) is 1. The first-order valence-corrected chi connectivity index (χ1v) is 6.51. The molecule has 1 aromatic rings. The molecule has 0 atom stereocenters. The minimum absolute atomic E-state index is 0.257. The summed E-state index contributed by atoms with van der Waals surface area (Å²) in [6, 6.07) is 0. The van der Waals surface area contributed by atoms with Gasteiger partial charge in [-0.2, -0.15) is 0 Å². The van der Waals surface area contributed by atoms with Crippen molar-refractivity contribution in [3.05, 3.63) is 17.7 Å². The molecule has 0 aliphatic heterocycles. The Balaban J connectivity index is 2.51. The second-order valence-corrected chi connectivity index (χ2v) is 6.23. The molecular formula is C14H27N3. The van der Waals surface area contributed by atoms with Gasteiger partial charge in [-0.05, 0) is 31.7 Å². The Morgan fingerprint density at radius 2 is 2.00 bits per heavy atom. The van der Waals surface area contributed by atoms with Crippen LogP contribution in [0.4, 0.5) is 0 Å². The van der Waals surface area contributed by atoms with Crippen molar-refractivity contribution in [2.45, 2.75) is 48.1 Å². The summed E-state index contributed by atoms with van der Waals surface area (Å²) < 4.78 is 2.26. The Labute approximate surface area is 106 Å². The lowest BCUT2D eigenvalue weighted by atomic mass is 9.93. The van der Waals surface area contributed by atoms with Crippen LogP contribution in [0.1, 0.15) is 39.1 Å². The summed E-state index contributed by atoms with van der Waals surface area (Å²) in [5.41, 5.74) is 2.67. The van der Waals surface area contributed by atoms with Gasteiger partial charge in [0.2, 0.25) is 0 Å². The van der Waals surface area contributed by atoms with Gasteiger partial charge in [0.15, 0.2) is 0 Å². The van der Waals surface area contributed by atoms with Gasteiger partial charge in [-0.15, -0.1) is 0 Å². The number of aryl methyl sites for hydroxylation is 1. The van der Waals surface area contributed by atoms with Crippen molar-refractivity contribution in [3.8, 4) is 0 Å². The lowest BCUT2D eigenvalue weighted by Gasteiger charge is -2.26. The second-order valence-electron chi connectivity index (χ2n) is 6.23. The van der Waals surface area contributed by atoms with E-state index in [0.717, 1.165) is 25.3 Å². The van der Waals surface area contributed by atoms with Gasteiger partial charge in [-0.25, -0.2) is 4.98 Å². The van der Waals surface area contributed by atoms with Gasteiger partial charge >= 0.3 is 0 Å². The van der Waals surface area contributed by atoms with Crippen molar-refractivity contribution >= 4 is 0 Å². The van der Waals surface area contributed by atoms with Crippen LogP contribution in [0.2, 0.25) is 0 Å². The number of nitrogens with one attached hydrogen (secondary N) is 1. The number of aromatic nitrogens is 2. The first-order chi connectivity index (χ1) is 7.82. The molecule has 0 radical (unpaired) electrons. The zero-order chi connectivity index (χ0) is 13.1. The normalized spacial score (nSPS) is 12.4. The first kappa shape index (κ1) is 14.2. The summed E-state index contributed by atoms with van der Waals surface area (Å²) in [7, 11) is 0. The van der Waals surface area contributed by atoms with E-state index in [-0.39, 0.29) is 5.41 Å². The van der Waals surface area contributed by atoms with Crippen molar-refractivity contribution in [3.63, 3.8) is 0 Å². The third-order valence-corrected chi connectivity index (χ3v) is 3.10. The Bertz CT molecular complexity index is 350. The average molecular weight is 237 g/mol. The maximum atomic E-state index is 4.35. The van der Waals surface area contributed by atoms with Gasteiger partial charge in [-0.3, -0.25) is 0 Å². The zero-order valence-electron chi connectivity index (χ0n) is 12.2. The van der Waals surface area contributed by atoms with Crippen LogP contribution in [-0.4, -0.2) is 22.6 Å². The van der Waals surface area contributed by atoms with Crippen molar-refractivity contribution in [1.82, 2.24) is 14.9 Å². The highest BCUT2D eigenvalue weighted by Crippen LogP contribution is 2.19. The number of hydrogen-bond acceptors (Lipinski definition) is 2. The molecule has 0 spiro atoms. The highest BCUT2D eigenvalue weighted by atomic mass is 15.1. The molecule has 0 amide bonds. The standard InChI is InChI=1S/C14H27N3/c1-11(2)7-15-8-14(5,6)9-17-10-16-12(3)13(17)4/h10-11,15H,7-9H2,1-6H3. The molecule has 1 N–H and O–H groups in total. The van der Waals surface area contributed by atoms with Crippen LogP contribution in [0.15, 0.2) is 6.33 Å².